The van der Waals surface area contributed by atoms with Gasteiger partial charge < -0.3 is 4.90 Å². The summed E-state index contributed by atoms with van der Waals surface area (Å²) in [5, 5.41) is 0. The first-order valence-electron chi connectivity index (χ1n) is 3.40. The summed E-state index contributed by atoms with van der Waals surface area (Å²) in [6.45, 7) is 7.68. The monoisotopic (exact) mass is 137 g/mol. The van der Waals surface area contributed by atoms with Gasteiger partial charge >= 0.3 is 0 Å². The number of nitrogens with zero attached hydrogens (tertiary/aromatic N) is 1. The summed E-state index contributed by atoms with van der Waals surface area (Å²) >= 11 is 0. The third-order valence-corrected chi connectivity index (χ3v) is 1.28. The van der Waals surface area contributed by atoms with Crippen LogP contribution in [-0.4, -0.2) is 11.9 Å². The molecule has 0 aromatic rings. The Kier molecular flexibility index (Phi) is 4.38. The van der Waals surface area contributed by atoms with Gasteiger partial charge in [-0.1, -0.05) is 18.7 Å². The largest absolute Gasteiger partial charge is 0.352 e. The Morgan fingerprint density at radius 1 is 1.40 bits per heavy atom. The Labute approximate surface area is 63.3 Å². The molecule has 0 amide bonds. The molecule has 0 aromatic carbocycles. The fraction of sp³-hybridized carbons (Fsp3) is 0.333. The van der Waals surface area contributed by atoms with Gasteiger partial charge in [-0.15, -0.1) is 0 Å². The van der Waals surface area contributed by atoms with Crippen molar-refractivity contribution in [1.82, 2.24) is 4.90 Å². The molecule has 0 rings (SSSR count). The van der Waals surface area contributed by atoms with Crippen molar-refractivity contribution in [2.45, 2.75) is 13.8 Å². The highest BCUT2D eigenvalue weighted by Gasteiger charge is 1.90. The van der Waals surface area contributed by atoms with Gasteiger partial charge in [-0.3, -0.25) is 0 Å². The molecule has 0 fully saturated rings. The minimum atomic E-state index is 1.12. The standard InChI is InChI=1S/C9H15N/c1-5-8-10(4)9(6-2)7-3/h5-8H,2H2,1,3-4H3/b8-5-,9-7-. The molecular weight excluding hydrogens is 122 g/mol. The van der Waals surface area contributed by atoms with Crippen LogP contribution in [0.15, 0.2) is 36.7 Å². The van der Waals surface area contributed by atoms with Crippen molar-refractivity contribution in [2.75, 3.05) is 7.05 Å². The normalized spacial score (nSPS) is 12.1. The van der Waals surface area contributed by atoms with Crippen LogP contribution in [0.4, 0.5) is 0 Å². The summed E-state index contributed by atoms with van der Waals surface area (Å²) in [4.78, 5) is 2.02. The van der Waals surface area contributed by atoms with Crippen molar-refractivity contribution >= 4 is 0 Å². The van der Waals surface area contributed by atoms with Gasteiger partial charge in [0.05, 0.1) is 0 Å². The third-order valence-electron chi connectivity index (χ3n) is 1.28. The Morgan fingerprint density at radius 2 is 2.00 bits per heavy atom. The van der Waals surface area contributed by atoms with Crippen molar-refractivity contribution in [3.05, 3.63) is 36.7 Å². The molecule has 0 aromatic heterocycles. The number of likely N-dealkylation sites (N-methyl/N-ethyl adjacent to an activating group) is 1. The van der Waals surface area contributed by atoms with Gasteiger partial charge in [0.1, 0.15) is 0 Å². The zero-order valence-corrected chi connectivity index (χ0v) is 6.96. The number of allylic oxidation sites excluding steroid dienone is 3. The fourth-order valence-corrected chi connectivity index (χ4v) is 0.775. The van der Waals surface area contributed by atoms with Crippen LogP contribution in [0.25, 0.3) is 0 Å². The molecule has 0 saturated heterocycles. The molecule has 0 N–H and O–H groups in total. The zero-order chi connectivity index (χ0) is 7.98. The molecule has 0 aliphatic rings. The van der Waals surface area contributed by atoms with Gasteiger partial charge in [-0.05, 0) is 26.1 Å². The molecule has 0 atom stereocenters. The second-order valence-corrected chi connectivity index (χ2v) is 2.01. The van der Waals surface area contributed by atoms with Crippen LogP contribution in [0, 0.1) is 0 Å². The maximum absolute atomic E-state index is 3.69. The molecule has 0 spiro atoms. The minimum Gasteiger partial charge on any atom is -0.352 e. The second-order valence-electron chi connectivity index (χ2n) is 2.01. The van der Waals surface area contributed by atoms with Gasteiger partial charge in [0, 0.05) is 12.7 Å². The third kappa shape index (κ3) is 2.53. The average Bonchev–Trinajstić information content (AvgIpc) is 1.91. The van der Waals surface area contributed by atoms with Gasteiger partial charge in [-0.25, -0.2) is 0 Å². The van der Waals surface area contributed by atoms with E-state index >= 15 is 0 Å². The van der Waals surface area contributed by atoms with Gasteiger partial charge in [0.15, 0.2) is 0 Å². The summed E-state index contributed by atoms with van der Waals surface area (Å²) in [5.74, 6) is 0. The predicted octanol–water partition coefficient (Wildman–Crippen LogP) is 2.54. The quantitative estimate of drug-likeness (QED) is 0.540. The van der Waals surface area contributed by atoms with Gasteiger partial charge in [-0.2, -0.15) is 0 Å². The molecule has 0 aliphatic heterocycles. The lowest BCUT2D eigenvalue weighted by Crippen LogP contribution is -2.07. The van der Waals surface area contributed by atoms with Crippen LogP contribution in [0.2, 0.25) is 0 Å². The number of rotatable bonds is 3. The highest BCUT2D eigenvalue weighted by molar-refractivity contribution is 5.15. The van der Waals surface area contributed by atoms with Crippen LogP contribution < -0.4 is 0 Å². The lowest BCUT2D eigenvalue weighted by Gasteiger charge is -2.13. The maximum Gasteiger partial charge on any atom is 0.0354 e. The first-order chi connectivity index (χ1) is 4.76. The Bertz CT molecular complexity index is 154. The van der Waals surface area contributed by atoms with E-state index in [-0.39, 0.29) is 0 Å². The van der Waals surface area contributed by atoms with Gasteiger partial charge in [0.2, 0.25) is 0 Å². The van der Waals surface area contributed by atoms with Crippen LogP contribution >= 0.6 is 0 Å². The molecule has 1 nitrogen and oxygen atoms in total. The number of hydrogen-bond acceptors (Lipinski definition) is 1. The highest BCUT2D eigenvalue weighted by Crippen LogP contribution is 2.01. The minimum absolute atomic E-state index is 1.12. The zero-order valence-electron chi connectivity index (χ0n) is 6.96. The Balaban J connectivity index is 4.16. The molecule has 0 unspecified atom stereocenters. The van der Waals surface area contributed by atoms with Crippen LogP contribution in [-0.2, 0) is 0 Å². The van der Waals surface area contributed by atoms with E-state index in [2.05, 4.69) is 6.58 Å². The molecule has 0 heterocycles. The first kappa shape index (κ1) is 9.02. The van der Waals surface area contributed by atoms with E-state index in [9.17, 15) is 0 Å². The van der Waals surface area contributed by atoms with Crippen molar-refractivity contribution in [2.24, 2.45) is 0 Å². The van der Waals surface area contributed by atoms with Gasteiger partial charge in [0.25, 0.3) is 0 Å². The van der Waals surface area contributed by atoms with Crippen molar-refractivity contribution in [3.63, 3.8) is 0 Å². The van der Waals surface area contributed by atoms with Crippen LogP contribution in [0.1, 0.15) is 13.8 Å². The van der Waals surface area contributed by atoms with E-state index in [0.717, 1.165) is 5.70 Å². The molecule has 0 bridgehead atoms. The molecule has 1 heteroatoms. The highest BCUT2D eigenvalue weighted by atomic mass is 15.1. The molecular formula is C9H15N. The summed E-state index contributed by atoms with van der Waals surface area (Å²) in [5.41, 5.74) is 1.12. The average molecular weight is 137 g/mol. The summed E-state index contributed by atoms with van der Waals surface area (Å²) in [7, 11) is 2.00. The number of hydrogen-bond donors (Lipinski definition) is 0. The predicted molar refractivity (Wildman–Crippen MR) is 46.5 cm³/mol. The molecule has 0 aliphatic carbocycles. The molecule has 0 radical (unpaired) electrons. The molecule has 0 saturated carbocycles. The van der Waals surface area contributed by atoms with E-state index in [4.69, 9.17) is 0 Å². The maximum atomic E-state index is 3.69. The lowest BCUT2D eigenvalue weighted by molar-refractivity contribution is 0.586. The van der Waals surface area contributed by atoms with Crippen LogP contribution in [0.3, 0.4) is 0 Å². The van der Waals surface area contributed by atoms with Crippen molar-refractivity contribution < 1.29 is 0 Å². The lowest BCUT2D eigenvalue weighted by atomic mass is 10.4. The van der Waals surface area contributed by atoms with E-state index in [1.165, 1.54) is 0 Å². The topological polar surface area (TPSA) is 3.24 Å². The fourth-order valence-electron chi connectivity index (χ4n) is 0.775. The van der Waals surface area contributed by atoms with E-state index in [0.29, 0.717) is 0 Å². The summed E-state index contributed by atoms with van der Waals surface area (Å²) in [6, 6.07) is 0. The van der Waals surface area contributed by atoms with Crippen LogP contribution in [0.5, 0.6) is 0 Å². The molecule has 10 heavy (non-hydrogen) atoms. The van der Waals surface area contributed by atoms with Crippen molar-refractivity contribution in [3.8, 4) is 0 Å². The summed E-state index contributed by atoms with van der Waals surface area (Å²) < 4.78 is 0. The van der Waals surface area contributed by atoms with Crippen molar-refractivity contribution in [1.29, 1.82) is 0 Å². The smallest absolute Gasteiger partial charge is 0.0354 e. The van der Waals surface area contributed by atoms with E-state index < -0.39 is 0 Å². The van der Waals surface area contributed by atoms with E-state index in [1.54, 1.807) is 0 Å². The summed E-state index contributed by atoms with van der Waals surface area (Å²) in [6.07, 6.45) is 7.84. The Morgan fingerprint density at radius 3 is 2.30 bits per heavy atom. The molecule has 56 valence electrons. The first-order valence-corrected chi connectivity index (χ1v) is 3.40. The Hall–Kier alpha value is -0.980. The van der Waals surface area contributed by atoms with E-state index in [1.807, 2.05) is 50.2 Å². The second kappa shape index (κ2) is 4.86. The SMILES string of the molecule is C=C/C(=C/C)N(C)/C=C\C.